The van der Waals surface area contributed by atoms with E-state index >= 15 is 0 Å². The monoisotopic (exact) mass is 207 g/mol. The highest BCUT2D eigenvalue weighted by atomic mass is 32.2. The molecular weight excluding hydrogens is 198 g/mol. The van der Waals surface area contributed by atoms with Crippen molar-refractivity contribution < 1.29 is 8.42 Å². The van der Waals surface area contributed by atoms with Gasteiger partial charge in [-0.25, -0.2) is 8.42 Å². The van der Waals surface area contributed by atoms with E-state index in [9.17, 15) is 8.42 Å². The van der Waals surface area contributed by atoms with Gasteiger partial charge < -0.3 is 0 Å². The van der Waals surface area contributed by atoms with Crippen molar-refractivity contribution in [1.82, 2.24) is 4.98 Å². The molecule has 3 nitrogen and oxygen atoms in total. The first kappa shape index (κ1) is 9.15. The van der Waals surface area contributed by atoms with Crippen LogP contribution in [-0.2, 0) is 9.84 Å². The number of pyridine rings is 1. The highest BCUT2D eigenvalue weighted by Crippen LogP contribution is 2.16. The van der Waals surface area contributed by atoms with Crippen molar-refractivity contribution in [1.29, 1.82) is 0 Å². The predicted molar refractivity (Wildman–Crippen MR) is 54.9 cm³/mol. The molecule has 0 bridgehead atoms. The average molecular weight is 207 g/mol. The van der Waals surface area contributed by atoms with Gasteiger partial charge in [-0.15, -0.1) is 0 Å². The zero-order chi connectivity index (χ0) is 10.2. The van der Waals surface area contributed by atoms with Gasteiger partial charge in [0.05, 0.1) is 10.4 Å². The number of nitrogens with zero attached hydrogens (tertiary/aromatic N) is 1. The summed E-state index contributed by atoms with van der Waals surface area (Å²) in [6.45, 7) is 0. The Labute approximate surface area is 82.3 Å². The summed E-state index contributed by atoms with van der Waals surface area (Å²) in [4.78, 5) is 4.44. The lowest BCUT2D eigenvalue weighted by Gasteiger charge is -2.00. The maximum Gasteiger partial charge on any atom is 0.175 e. The third kappa shape index (κ3) is 1.61. The van der Waals surface area contributed by atoms with Crippen LogP contribution in [0.5, 0.6) is 0 Å². The number of hydrogen-bond donors (Lipinski definition) is 0. The van der Waals surface area contributed by atoms with Crippen molar-refractivity contribution in [3.8, 4) is 0 Å². The van der Waals surface area contributed by atoms with E-state index in [0.717, 1.165) is 10.9 Å². The Bertz CT molecular complexity index is 575. The second-order valence-electron chi connectivity index (χ2n) is 3.13. The number of aromatic nitrogens is 1. The first-order valence-corrected chi connectivity index (χ1v) is 6.01. The second kappa shape index (κ2) is 3.06. The van der Waals surface area contributed by atoms with Gasteiger partial charge >= 0.3 is 0 Å². The lowest BCUT2D eigenvalue weighted by molar-refractivity contribution is 0.602. The van der Waals surface area contributed by atoms with Crippen LogP contribution in [0.25, 0.3) is 10.9 Å². The number of benzene rings is 1. The molecule has 4 heteroatoms. The maximum absolute atomic E-state index is 11.3. The van der Waals surface area contributed by atoms with Crippen LogP contribution in [0.4, 0.5) is 0 Å². The first-order valence-electron chi connectivity index (χ1n) is 4.12. The fourth-order valence-corrected chi connectivity index (χ4v) is 1.94. The van der Waals surface area contributed by atoms with Crippen molar-refractivity contribution in [2.45, 2.75) is 4.90 Å². The first-order chi connectivity index (χ1) is 6.57. The smallest absolute Gasteiger partial charge is 0.175 e. The Morgan fingerprint density at radius 2 is 2.00 bits per heavy atom. The molecule has 0 fully saturated rings. The predicted octanol–water partition coefficient (Wildman–Crippen LogP) is 1.64. The van der Waals surface area contributed by atoms with Gasteiger partial charge in [0.1, 0.15) is 0 Å². The molecule has 72 valence electrons. The molecule has 0 aliphatic carbocycles. The number of hydrogen-bond acceptors (Lipinski definition) is 3. The average Bonchev–Trinajstić information content (AvgIpc) is 2.16. The summed E-state index contributed by atoms with van der Waals surface area (Å²) >= 11 is 0. The molecule has 1 aromatic heterocycles. The van der Waals surface area contributed by atoms with Crippen LogP contribution in [0, 0.1) is 0 Å². The lowest BCUT2D eigenvalue weighted by atomic mass is 10.2. The van der Waals surface area contributed by atoms with E-state index in [1.54, 1.807) is 30.5 Å². The van der Waals surface area contributed by atoms with Gasteiger partial charge in [0.15, 0.2) is 9.84 Å². The fourth-order valence-electron chi connectivity index (χ4n) is 1.28. The Kier molecular flexibility index (Phi) is 2.00. The second-order valence-corrected chi connectivity index (χ2v) is 5.15. The third-order valence-electron chi connectivity index (χ3n) is 2.00. The SMILES string of the molecule is CS(=O)(=O)c1ccc2ncccc2c1. The molecule has 0 atom stereocenters. The van der Waals surface area contributed by atoms with E-state index in [2.05, 4.69) is 4.98 Å². The van der Waals surface area contributed by atoms with Crippen molar-refractivity contribution >= 4 is 20.7 Å². The molecule has 0 spiro atoms. The molecule has 14 heavy (non-hydrogen) atoms. The molecule has 1 heterocycles. The van der Waals surface area contributed by atoms with Gasteiger partial charge in [-0.2, -0.15) is 0 Å². The van der Waals surface area contributed by atoms with Gasteiger partial charge in [-0.3, -0.25) is 4.98 Å². The molecule has 1 aromatic carbocycles. The Morgan fingerprint density at radius 1 is 1.21 bits per heavy atom. The highest BCUT2D eigenvalue weighted by Gasteiger charge is 2.06. The molecule has 0 amide bonds. The molecule has 0 N–H and O–H groups in total. The normalized spacial score (nSPS) is 11.8. The van der Waals surface area contributed by atoms with Crippen LogP contribution in [0.3, 0.4) is 0 Å². The van der Waals surface area contributed by atoms with Crippen LogP contribution in [0.15, 0.2) is 41.4 Å². The van der Waals surface area contributed by atoms with Crippen LogP contribution in [-0.4, -0.2) is 19.7 Å². The lowest BCUT2D eigenvalue weighted by Crippen LogP contribution is -1.96. The van der Waals surface area contributed by atoms with Gasteiger partial charge in [0, 0.05) is 17.8 Å². The Hall–Kier alpha value is -1.42. The Balaban J connectivity index is 2.75. The molecule has 2 rings (SSSR count). The zero-order valence-electron chi connectivity index (χ0n) is 7.64. The summed E-state index contributed by atoms with van der Waals surface area (Å²) in [5.74, 6) is 0. The van der Waals surface area contributed by atoms with Crippen LogP contribution >= 0.6 is 0 Å². The van der Waals surface area contributed by atoms with E-state index in [4.69, 9.17) is 0 Å². The highest BCUT2D eigenvalue weighted by molar-refractivity contribution is 7.90. The summed E-state index contributed by atoms with van der Waals surface area (Å²) < 4.78 is 22.5. The fraction of sp³-hybridized carbons (Fsp3) is 0.100. The van der Waals surface area contributed by atoms with Crippen LogP contribution in [0.2, 0.25) is 0 Å². The number of rotatable bonds is 1. The number of sulfone groups is 1. The van der Waals surface area contributed by atoms with E-state index < -0.39 is 9.84 Å². The minimum atomic E-state index is -3.12. The van der Waals surface area contributed by atoms with Crippen LogP contribution in [0.1, 0.15) is 0 Å². The van der Waals surface area contributed by atoms with Gasteiger partial charge in [-0.05, 0) is 24.3 Å². The summed E-state index contributed by atoms with van der Waals surface area (Å²) in [6, 6.07) is 8.56. The minimum Gasteiger partial charge on any atom is -0.256 e. The van der Waals surface area contributed by atoms with E-state index in [0.29, 0.717) is 4.90 Å². The van der Waals surface area contributed by atoms with Crippen molar-refractivity contribution in [3.05, 3.63) is 36.5 Å². The molecular formula is C10H9NO2S. The van der Waals surface area contributed by atoms with Gasteiger partial charge in [-0.1, -0.05) is 6.07 Å². The summed E-state index contributed by atoms with van der Waals surface area (Å²) in [6.07, 6.45) is 2.88. The topological polar surface area (TPSA) is 47.0 Å². The molecule has 0 saturated carbocycles. The van der Waals surface area contributed by atoms with E-state index in [1.807, 2.05) is 6.07 Å². The number of fused-ring (bicyclic) bond motifs is 1. The molecule has 0 saturated heterocycles. The maximum atomic E-state index is 11.3. The Morgan fingerprint density at radius 3 is 2.71 bits per heavy atom. The largest absolute Gasteiger partial charge is 0.256 e. The molecule has 0 unspecified atom stereocenters. The molecule has 2 aromatic rings. The van der Waals surface area contributed by atoms with Gasteiger partial charge in [0.2, 0.25) is 0 Å². The van der Waals surface area contributed by atoms with Crippen molar-refractivity contribution in [2.24, 2.45) is 0 Å². The van der Waals surface area contributed by atoms with Crippen molar-refractivity contribution in [2.75, 3.05) is 6.26 Å². The zero-order valence-corrected chi connectivity index (χ0v) is 8.45. The summed E-state index contributed by atoms with van der Waals surface area (Å²) in [5.41, 5.74) is 0.805. The van der Waals surface area contributed by atoms with E-state index in [1.165, 1.54) is 6.26 Å². The third-order valence-corrected chi connectivity index (χ3v) is 3.11. The van der Waals surface area contributed by atoms with Crippen LogP contribution < -0.4 is 0 Å². The molecule has 0 aliphatic heterocycles. The molecule has 0 aliphatic rings. The van der Waals surface area contributed by atoms with E-state index in [-0.39, 0.29) is 0 Å². The quantitative estimate of drug-likeness (QED) is 0.714. The van der Waals surface area contributed by atoms with Crippen molar-refractivity contribution in [3.63, 3.8) is 0 Å². The minimum absolute atomic E-state index is 0.331. The van der Waals surface area contributed by atoms with Gasteiger partial charge in [0.25, 0.3) is 0 Å². The standard InChI is InChI=1S/C10H9NO2S/c1-14(12,13)9-4-5-10-8(7-9)3-2-6-11-10/h2-7H,1H3. The summed E-state index contributed by atoms with van der Waals surface area (Å²) in [5, 5.41) is 0.843. The summed E-state index contributed by atoms with van der Waals surface area (Å²) in [7, 11) is -3.12. The molecule has 0 radical (unpaired) electrons.